The van der Waals surface area contributed by atoms with Crippen molar-refractivity contribution in [3.05, 3.63) is 63.1 Å². The molecule has 1 aromatic carbocycles. The Bertz CT molecular complexity index is 565. The highest BCUT2D eigenvalue weighted by Crippen LogP contribution is 2.31. The van der Waals surface area contributed by atoms with Crippen LogP contribution >= 0.6 is 27.5 Å². The number of halogens is 3. The standard InChI is InChI=1S/C14H12BrClFNO/c15-11-3-2-10(14(17)13(11)16)12(19)4-1-9-5-7-18-8-6-9/h2-3,5-8,12,19H,1,4H2. The van der Waals surface area contributed by atoms with E-state index in [9.17, 15) is 9.50 Å². The fourth-order valence-electron chi connectivity index (χ4n) is 1.81. The van der Waals surface area contributed by atoms with Gasteiger partial charge in [0.2, 0.25) is 0 Å². The highest BCUT2D eigenvalue weighted by atomic mass is 79.9. The molecule has 2 nitrogen and oxygen atoms in total. The van der Waals surface area contributed by atoms with Gasteiger partial charge in [0.15, 0.2) is 0 Å². The summed E-state index contributed by atoms with van der Waals surface area (Å²) in [6.07, 6.45) is 3.59. The van der Waals surface area contributed by atoms with Crippen LogP contribution in [0.4, 0.5) is 4.39 Å². The maximum Gasteiger partial charge on any atom is 0.148 e. The van der Waals surface area contributed by atoms with E-state index in [1.54, 1.807) is 24.5 Å². The maximum atomic E-state index is 13.9. The van der Waals surface area contributed by atoms with Gasteiger partial charge in [0.25, 0.3) is 0 Å². The summed E-state index contributed by atoms with van der Waals surface area (Å²) >= 11 is 8.95. The predicted octanol–water partition coefficient (Wildman–Crippen LogP) is 4.30. The first-order valence-electron chi connectivity index (χ1n) is 5.80. The number of rotatable bonds is 4. The Morgan fingerprint density at radius 1 is 1.26 bits per heavy atom. The number of benzene rings is 1. The molecule has 100 valence electrons. The Morgan fingerprint density at radius 3 is 2.63 bits per heavy atom. The molecule has 0 amide bonds. The van der Waals surface area contributed by atoms with Crippen LogP contribution in [0.15, 0.2) is 41.1 Å². The second-order valence-corrected chi connectivity index (χ2v) is 5.41. The molecule has 0 fully saturated rings. The third-order valence-electron chi connectivity index (χ3n) is 2.88. The van der Waals surface area contributed by atoms with Gasteiger partial charge in [-0.3, -0.25) is 4.98 Å². The van der Waals surface area contributed by atoms with Crippen molar-refractivity contribution < 1.29 is 9.50 Å². The number of aryl methyl sites for hydroxylation is 1. The molecular weight excluding hydrogens is 333 g/mol. The molecule has 1 unspecified atom stereocenters. The van der Waals surface area contributed by atoms with Crippen LogP contribution in [0.2, 0.25) is 5.02 Å². The Hall–Kier alpha value is -0.970. The molecule has 0 spiro atoms. The molecule has 0 saturated heterocycles. The molecule has 19 heavy (non-hydrogen) atoms. The van der Waals surface area contributed by atoms with Crippen molar-refractivity contribution in [2.24, 2.45) is 0 Å². The van der Waals surface area contributed by atoms with Gasteiger partial charge >= 0.3 is 0 Å². The molecule has 0 aliphatic heterocycles. The fraction of sp³-hybridized carbons (Fsp3) is 0.214. The molecule has 0 bridgehead atoms. The third kappa shape index (κ3) is 3.53. The van der Waals surface area contributed by atoms with Gasteiger partial charge in [-0.15, -0.1) is 0 Å². The molecule has 1 atom stereocenters. The minimum atomic E-state index is -0.876. The molecule has 0 aliphatic carbocycles. The largest absolute Gasteiger partial charge is 0.388 e. The van der Waals surface area contributed by atoms with Crippen LogP contribution in [0.3, 0.4) is 0 Å². The molecule has 0 aliphatic rings. The van der Waals surface area contributed by atoms with Crippen molar-refractivity contribution in [2.75, 3.05) is 0 Å². The smallest absolute Gasteiger partial charge is 0.148 e. The number of aliphatic hydroxyl groups excluding tert-OH is 1. The lowest BCUT2D eigenvalue weighted by Gasteiger charge is -2.13. The van der Waals surface area contributed by atoms with E-state index in [0.29, 0.717) is 17.3 Å². The summed E-state index contributed by atoms with van der Waals surface area (Å²) in [6, 6.07) is 6.92. The van der Waals surface area contributed by atoms with Crippen LogP contribution in [-0.2, 0) is 6.42 Å². The average molecular weight is 345 g/mol. The normalized spacial score (nSPS) is 12.4. The molecule has 1 N–H and O–H groups in total. The monoisotopic (exact) mass is 343 g/mol. The average Bonchev–Trinajstić information content (AvgIpc) is 2.43. The first-order valence-corrected chi connectivity index (χ1v) is 6.97. The number of aromatic nitrogens is 1. The molecule has 1 heterocycles. The zero-order valence-electron chi connectivity index (χ0n) is 9.98. The summed E-state index contributed by atoms with van der Waals surface area (Å²) < 4.78 is 14.4. The summed E-state index contributed by atoms with van der Waals surface area (Å²) in [5.41, 5.74) is 1.28. The SMILES string of the molecule is OC(CCc1ccncc1)c1ccc(Br)c(Cl)c1F. The zero-order chi connectivity index (χ0) is 13.8. The number of pyridine rings is 1. The summed E-state index contributed by atoms with van der Waals surface area (Å²) in [5.74, 6) is -0.571. The Kier molecular flexibility index (Phi) is 4.91. The first kappa shape index (κ1) is 14.4. The van der Waals surface area contributed by atoms with Crippen molar-refractivity contribution in [3.8, 4) is 0 Å². The Balaban J connectivity index is 2.08. The molecule has 2 aromatic rings. The van der Waals surface area contributed by atoms with Crippen LogP contribution < -0.4 is 0 Å². The number of hydrogen-bond donors (Lipinski definition) is 1. The van der Waals surface area contributed by atoms with E-state index in [-0.39, 0.29) is 10.6 Å². The highest BCUT2D eigenvalue weighted by Gasteiger charge is 2.16. The number of aliphatic hydroxyl groups is 1. The van der Waals surface area contributed by atoms with Gasteiger partial charge in [-0.1, -0.05) is 17.7 Å². The second kappa shape index (κ2) is 6.46. The van der Waals surface area contributed by atoms with Crippen LogP contribution in [0.5, 0.6) is 0 Å². The minimum absolute atomic E-state index is 0.000427. The lowest BCUT2D eigenvalue weighted by Crippen LogP contribution is -2.03. The summed E-state index contributed by atoms with van der Waals surface area (Å²) in [6.45, 7) is 0. The van der Waals surface area contributed by atoms with Crippen LogP contribution in [0.1, 0.15) is 23.7 Å². The van der Waals surface area contributed by atoms with Crippen molar-refractivity contribution in [3.63, 3.8) is 0 Å². The van der Waals surface area contributed by atoms with Gasteiger partial charge in [0, 0.05) is 22.4 Å². The third-order valence-corrected chi connectivity index (χ3v) is 4.14. The van der Waals surface area contributed by atoms with E-state index in [0.717, 1.165) is 5.56 Å². The van der Waals surface area contributed by atoms with Gasteiger partial charge in [0.05, 0.1) is 11.1 Å². The van der Waals surface area contributed by atoms with Gasteiger partial charge in [-0.25, -0.2) is 4.39 Å². The van der Waals surface area contributed by atoms with Gasteiger partial charge in [-0.2, -0.15) is 0 Å². The van der Waals surface area contributed by atoms with E-state index < -0.39 is 11.9 Å². The van der Waals surface area contributed by atoms with E-state index >= 15 is 0 Å². The van der Waals surface area contributed by atoms with Gasteiger partial charge < -0.3 is 5.11 Å². The van der Waals surface area contributed by atoms with E-state index in [2.05, 4.69) is 20.9 Å². The second-order valence-electron chi connectivity index (χ2n) is 4.17. The molecule has 0 radical (unpaired) electrons. The molecule has 2 rings (SSSR count). The lowest BCUT2D eigenvalue weighted by atomic mass is 10.0. The van der Waals surface area contributed by atoms with Crippen LogP contribution in [0, 0.1) is 5.82 Å². The predicted molar refractivity (Wildman–Crippen MR) is 76.6 cm³/mol. The Labute approximate surface area is 124 Å². The van der Waals surface area contributed by atoms with Crippen LogP contribution in [-0.4, -0.2) is 10.1 Å². The van der Waals surface area contributed by atoms with Crippen molar-refractivity contribution in [1.82, 2.24) is 4.98 Å². The first-order chi connectivity index (χ1) is 9.09. The van der Waals surface area contributed by atoms with Crippen molar-refractivity contribution in [2.45, 2.75) is 18.9 Å². The van der Waals surface area contributed by atoms with Gasteiger partial charge in [0.1, 0.15) is 5.82 Å². The van der Waals surface area contributed by atoms with Crippen LogP contribution in [0.25, 0.3) is 0 Å². The molecule has 5 heteroatoms. The summed E-state index contributed by atoms with van der Waals surface area (Å²) in [7, 11) is 0. The highest BCUT2D eigenvalue weighted by molar-refractivity contribution is 9.10. The fourth-order valence-corrected chi connectivity index (χ4v) is 2.28. The zero-order valence-corrected chi connectivity index (χ0v) is 12.3. The molecule has 0 saturated carbocycles. The maximum absolute atomic E-state index is 13.9. The Morgan fingerprint density at radius 2 is 1.95 bits per heavy atom. The van der Waals surface area contributed by atoms with Crippen molar-refractivity contribution in [1.29, 1.82) is 0 Å². The number of hydrogen-bond acceptors (Lipinski definition) is 2. The number of nitrogens with zero attached hydrogens (tertiary/aromatic N) is 1. The van der Waals surface area contributed by atoms with E-state index in [1.807, 2.05) is 12.1 Å². The minimum Gasteiger partial charge on any atom is -0.388 e. The lowest BCUT2D eigenvalue weighted by molar-refractivity contribution is 0.163. The molecular formula is C14H12BrClFNO. The van der Waals surface area contributed by atoms with Gasteiger partial charge in [-0.05, 0) is 52.5 Å². The summed E-state index contributed by atoms with van der Waals surface area (Å²) in [4.78, 5) is 3.92. The molecule has 1 aromatic heterocycles. The van der Waals surface area contributed by atoms with Crippen molar-refractivity contribution >= 4 is 27.5 Å². The van der Waals surface area contributed by atoms with E-state index in [1.165, 1.54) is 0 Å². The summed E-state index contributed by atoms with van der Waals surface area (Å²) in [5, 5.41) is 10.0. The van der Waals surface area contributed by atoms with E-state index in [4.69, 9.17) is 11.6 Å². The topological polar surface area (TPSA) is 33.1 Å². The quantitative estimate of drug-likeness (QED) is 0.839.